The highest BCUT2D eigenvalue weighted by Crippen LogP contribution is 2.41. The van der Waals surface area contributed by atoms with E-state index < -0.39 is 5.60 Å². The maximum absolute atomic E-state index is 12.8. The number of esters is 1. The average molecular weight is 349 g/mol. The first-order chi connectivity index (χ1) is 12.3. The molecule has 1 saturated heterocycles. The zero-order valence-corrected chi connectivity index (χ0v) is 14.7. The molecule has 0 radical (unpaired) electrons. The number of carbonyl (C=O) groups excluding carboxylic acids is 1. The van der Waals surface area contributed by atoms with Crippen molar-refractivity contribution in [3.8, 4) is 0 Å². The Morgan fingerprint density at radius 3 is 2.48 bits per heavy atom. The fraction of sp³-hybridized carbons (Fsp3) is 0.238. The van der Waals surface area contributed by atoms with Crippen molar-refractivity contribution in [3.05, 3.63) is 78.1 Å². The van der Waals surface area contributed by atoms with Gasteiger partial charge in [-0.2, -0.15) is 11.8 Å². The number of carbonyl (C=O) groups is 1. The molecule has 2 aromatic carbocycles. The van der Waals surface area contributed by atoms with E-state index in [0.29, 0.717) is 5.56 Å². The van der Waals surface area contributed by atoms with E-state index in [1.54, 1.807) is 12.1 Å². The van der Waals surface area contributed by atoms with Crippen LogP contribution in [0.1, 0.15) is 28.9 Å². The van der Waals surface area contributed by atoms with Gasteiger partial charge < -0.3 is 4.74 Å². The highest BCUT2D eigenvalue weighted by atomic mass is 32.2. The van der Waals surface area contributed by atoms with Crippen LogP contribution in [0.4, 0.5) is 0 Å². The lowest BCUT2D eigenvalue weighted by Gasteiger charge is -2.36. The summed E-state index contributed by atoms with van der Waals surface area (Å²) < 4.78 is 6.14. The second kappa shape index (κ2) is 6.89. The highest BCUT2D eigenvalue weighted by Gasteiger charge is 2.40. The molecular formula is C21H19NO2S. The SMILES string of the molecule is O=C(OC1(c2nccc3ccccc23)CCSCC1)c1ccccc1. The summed E-state index contributed by atoms with van der Waals surface area (Å²) in [5.41, 5.74) is 0.814. The van der Waals surface area contributed by atoms with Crippen molar-refractivity contribution in [1.82, 2.24) is 4.98 Å². The maximum Gasteiger partial charge on any atom is 0.339 e. The van der Waals surface area contributed by atoms with E-state index in [2.05, 4.69) is 17.1 Å². The molecule has 25 heavy (non-hydrogen) atoms. The third-order valence-electron chi connectivity index (χ3n) is 4.70. The zero-order chi connectivity index (χ0) is 17.1. The number of fused-ring (bicyclic) bond motifs is 1. The summed E-state index contributed by atoms with van der Waals surface area (Å²) in [7, 11) is 0. The number of thioether (sulfide) groups is 1. The molecule has 0 saturated carbocycles. The largest absolute Gasteiger partial charge is 0.449 e. The van der Waals surface area contributed by atoms with Crippen LogP contribution in [-0.4, -0.2) is 22.5 Å². The van der Waals surface area contributed by atoms with Gasteiger partial charge in [0.2, 0.25) is 0 Å². The van der Waals surface area contributed by atoms with Crippen molar-refractivity contribution in [2.45, 2.75) is 18.4 Å². The summed E-state index contributed by atoms with van der Waals surface area (Å²) >= 11 is 1.90. The van der Waals surface area contributed by atoms with Crippen LogP contribution in [0, 0.1) is 0 Å². The number of hydrogen-bond acceptors (Lipinski definition) is 4. The van der Waals surface area contributed by atoms with E-state index in [-0.39, 0.29) is 5.97 Å². The number of nitrogens with zero attached hydrogens (tertiary/aromatic N) is 1. The summed E-state index contributed by atoms with van der Waals surface area (Å²) in [6.45, 7) is 0. The van der Waals surface area contributed by atoms with Crippen molar-refractivity contribution < 1.29 is 9.53 Å². The topological polar surface area (TPSA) is 39.2 Å². The van der Waals surface area contributed by atoms with E-state index in [1.807, 2.05) is 54.4 Å². The minimum Gasteiger partial charge on any atom is -0.449 e. The Hall–Kier alpha value is -2.33. The molecule has 0 spiro atoms. The highest BCUT2D eigenvalue weighted by molar-refractivity contribution is 7.99. The average Bonchev–Trinajstić information content (AvgIpc) is 2.69. The molecule has 3 nitrogen and oxygen atoms in total. The van der Waals surface area contributed by atoms with Gasteiger partial charge in [-0.05, 0) is 35.1 Å². The van der Waals surface area contributed by atoms with E-state index in [1.165, 1.54) is 0 Å². The summed E-state index contributed by atoms with van der Waals surface area (Å²) in [5, 5.41) is 2.19. The molecule has 0 atom stereocenters. The van der Waals surface area contributed by atoms with Gasteiger partial charge in [-0.25, -0.2) is 4.79 Å². The number of aromatic nitrogens is 1. The second-order valence-corrected chi connectivity index (χ2v) is 7.47. The van der Waals surface area contributed by atoms with Crippen molar-refractivity contribution in [3.63, 3.8) is 0 Å². The van der Waals surface area contributed by atoms with E-state index in [9.17, 15) is 4.79 Å². The van der Waals surface area contributed by atoms with Crippen LogP contribution in [0.15, 0.2) is 66.9 Å². The van der Waals surface area contributed by atoms with Crippen molar-refractivity contribution in [2.24, 2.45) is 0 Å². The number of benzene rings is 2. The van der Waals surface area contributed by atoms with Crippen LogP contribution in [0.2, 0.25) is 0 Å². The smallest absolute Gasteiger partial charge is 0.339 e. The molecule has 0 bridgehead atoms. The third-order valence-corrected chi connectivity index (χ3v) is 5.69. The maximum atomic E-state index is 12.8. The first kappa shape index (κ1) is 16.2. The molecule has 1 fully saturated rings. The fourth-order valence-electron chi connectivity index (χ4n) is 3.38. The van der Waals surface area contributed by atoms with Crippen LogP contribution in [-0.2, 0) is 10.3 Å². The van der Waals surface area contributed by atoms with E-state index in [4.69, 9.17) is 4.74 Å². The predicted octanol–water partition coefficient (Wildman–Crippen LogP) is 4.81. The normalized spacial score (nSPS) is 16.5. The number of rotatable bonds is 3. The zero-order valence-electron chi connectivity index (χ0n) is 13.9. The van der Waals surface area contributed by atoms with Gasteiger partial charge in [0.25, 0.3) is 0 Å². The van der Waals surface area contributed by atoms with Gasteiger partial charge in [0.05, 0.1) is 11.3 Å². The fourth-order valence-corrected chi connectivity index (χ4v) is 4.53. The Labute approximate surface area is 151 Å². The molecular weight excluding hydrogens is 330 g/mol. The Balaban J connectivity index is 1.78. The minimum absolute atomic E-state index is 0.276. The van der Waals surface area contributed by atoms with Crippen molar-refractivity contribution in [2.75, 3.05) is 11.5 Å². The molecule has 2 heterocycles. The molecule has 4 rings (SSSR count). The van der Waals surface area contributed by atoms with Crippen LogP contribution in [0.5, 0.6) is 0 Å². The number of pyridine rings is 1. The summed E-state index contributed by atoms with van der Waals surface area (Å²) in [6, 6.07) is 19.4. The molecule has 0 aliphatic carbocycles. The quantitative estimate of drug-likeness (QED) is 0.636. The standard InChI is InChI=1S/C21H19NO2S/c23-20(17-7-2-1-3-8-17)24-21(11-14-25-15-12-21)19-18-9-5-4-6-16(18)10-13-22-19/h1-10,13H,11-12,14-15H2. The Morgan fingerprint density at radius 1 is 0.960 bits per heavy atom. The number of hydrogen-bond donors (Lipinski definition) is 0. The van der Waals surface area contributed by atoms with Crippen LogP contribution in [0.25, 0.3) is 10.8 Å². The van der Waals surface area contributed by atoms with Gasteiger partial charge in [0.15, 0.2) is 5.60 Å². The van der Waals surface area contributed by atoms with E-state index >= 15 is 0 Å². The lowest BCUT2D eigenvalue weighted by Crippen LogP contribution is -2.37. The molecule has 0 unspecified atom stereocenters. The molecule has 0 N–H and O–H groups in total. The lowest BCUT2D eigenvalue weighted by atomic mass is 9.88. The first-order valence-electron chi connectivity index (χ1n) is 8.49. The van der Waals surface area contributed by atoms with Crippen LogP contribution in [0.3, 0.4) is 0 Å². The molecule has 4 heteroatoms. The third kappa shape index (κ3) is 3.14. The monoisotopic (exact) mass is 349 g/mol. The molecule has 1 aromatic heterocycles. The van der Waals surface area contributed by atoms with Gasteiger partial charge in [-0.1, -0.05) is 42.5 Å². The van der Waals surface area contributed by atoms with Crippen molar-refractivity contribution in [1.29, 1.82) is 0 Å². The predicted molar refractivity (Wildman–Crippen MR) is 102 cm³/mol. The molecule has 0 amide bonds. The summed E-state index contributed by atoms with van der Waals surface area (Å²) in [5.74, 6) is 1.65. The molecule has 1 aliphatic rings. The number of ether oxygens (including phenoxy) is 1. The van der Waals surface area contributed by atoms with Gasteiger partial charge in [-0.15, -0.1) is 0 Å². The van der Waals surface area contributed by atoms with Crippen LogP contribution < -0.4 is 0 Å². The van der Waals surface area contributed by atoms with Gasteiger partial charge >= 0.3 is 5.97 Å². The Morgan fingerprint density at radius 2 is 1.68 bits per heavy atom. The van der Waals surface area contributed by atoms with Gasteiger partial charge in [0, 0.05) is 24.4 Å². The minimum atomic E-state index is -0.654. The molecule has 1 aliphatic heterocycles. The van der Waals surface area contributed by atoms with Crippen LogP contribution >= 0.6 is 11.8 Å². The van der Waals surface area contributed by atoms with E-state index in [0.717, 1.165) is 40.8 Å². The Kier molecular flexibility index (Phi) is 4.45. The second-order valence-electron chi connectivity index (χ2n) is 6.24. The summed E-state index contributed by atoms with van der Waals surface area (Å²) in [6.07, 6.45) is 3.39. The van der Waals surface area contributed by atoms with Gasteiger partial charge in [-0.3, -0.25) is 4.98 Å². The van der Waals surface area contributed by atoms with Crippen molar-refractivity contribution >= 4 is 28.5 Å². The Bertz CT molecular complexity index is 883. The van der Waals surface area contributed by atoms with Gasteiger partial charge in [0.1, 0.15) is 0 Å². The summed E-state index contributed by atoms with van der Waals surface area (Å²) in [4.78, 5) is 17.4. The molecule has 126 valence electrons. The molecule has 3 aromatic rings. The lowest BCUT2D eigenvalue weighted by molar-refractivity contribution is -0.0278. The first-order valence-corrected chi connectivity index (χ1v) is 9.64.